The SMILES string of the molecule is C=CCOS(=O)(=O)CCC(C)O.[NaH]. The summed E-state index contributed by atoms with van der Waals surface area (Å²) < 4.78 is 26.3. The second kappa shape index (κ2) is 7.96. The molecule has 0 saturated carbocycles. The normalized spacial score (nSPS) is 13.1. The number of hydrogen-bond donors (Lipinski definition) is 1. The van der Waals surface area contributed by atoms with Crippen molar-refractivity contribution in [2.75, 3.05) is 12.4 Å². The molecular weight excluding hydrogens is 203 g/mol. The van der Waals surface area contributed by atoms with E-state index in [4.69, 9.17) is 5.11 Å². The van der Waals surface area contributed by atoms with E-state index in [1.54, 1.807) is 0 Å². The fourth-order valence-electron chi connectivity index (χ4n) is 0.526. The maximum atomic E-state index is 10.9. The summed E-state index contributed by atoms with van der Waals surface area (Å²) in [5, 5.41) is 8.80. The predicted octanol–water partition coefficient (Wildman–Crippen LogP) is -0.359. The Morgan fingerprint density at radius 1 is 1.62 bits per heavy atom. The Hall–Kier alpha value is 0.610. The molecule has 0 heterocycles. The van der Waals surface area contributed by atoms with Crippen LogP contribution in [0.25, 0.3) is 0 Å². The fourth-order valence-corrected chi connectivity index (χ4v) is 1.58. The van der Waals surface area contributed by atoms with Crippen molar-refractivity contribution in [1.29, 1.82) is 0 Å². The number of aliphatic hydroxyl groups excluding tert-OH is 1. The van der Waals surface area contributed by atoms with Crippen molar-refractivity contribution in [3.8, 4) is 0 Å². The third kappa shape index (κ3) is 10.5. The summed E-state index contributed by atoms with van der Waals surface area (Å²) in [7, 11) is -3.47. The van der Waals surface area contributed by atoms with Gasteiger partial charge in [-0.05, 0) is 13.3 Å². The molecule has 0 rings (SSSR count). The van der Waals surface area contributed by atoms with Gasteiger partial charge < -0.3 is 5.11 Å². The van der Waals surface area contributed by atoms with Gasteiger partial charge in [0.1, 0.15) is 0 Å². The molecule has 1 unspecified atom stereocenters. The molecule has 4 nitrogen and oxygen atoms in total. The van der Waals surface area contributed by atoms with Crippen LogP contribution in [-0.4, -0.2) is 61.5 Å². The van der Waals surface area contributed by atoms with E-state index in [1.807, 2.05) is 0 Å². The first-order valence-corrected chi connectivity index (χ1v) is 5.21. The van der Waals surface area contributed by atoms with Crippen LogP contribution in [0.2, 0.25) is 0 Å². The Morgan fingerprint density at radius 2 is 2.15 bits per heavy atom. The summed E-state index contributed by atoms with van der Waals surface area (Å²) in [4.78, 5) is 0. The molecule has 0 aromatic rings. The zero-order chi connectivity index (χ0) is 9.61. The van der Waals surface area contributed by atoms with Crippen LogP contribution < -0.4 is 0 Å². The van der Waals surface area contributed by atoms with E-state index < -0.39 is 16.2 Å². The van der Waals surface area contributed by atoms with Gasteiger partial charge in [0, 0.05) is 0 Å². The number of aliphatic hydroxyl groups is 1. The Kier molecular flexibility index (Phi) is 9.83. The fraction of sp³-hybridized carbons (Fsp3) is 0.714. The van der Waals surface area contributed by atoms with Gasteiger partial charge in [-0.2, -0.15) is 8.42 Å². The number of rotatable bonds is 6. The second-order valence-corrected chi connectivity index (χ2v) is 4.23. The van der Waals surface area contributed by atoms with Crippen LogP contribution >= 0.6 is 0 Å². The summed E-state index contributed by atoms with van der Waals surface area (Å²) in [6, 6.07) is 0. The van der Waals surface area contributed by atoms with Crippen molar-refractivity contribution in [3.05, 3.63) is 12.7 Å². The predicted molar refractivity (Wildman–Crippen MR) is 53.4 cm³/mol. The van der Waals surface area contributed by atoms with Crippen molar-refractivity contribution in [2.45, 2.75) is 19.4 Å². The summed E-state index contributed by atoms with van der Waals surface area (Å²) in [6.07, 6.45) is 0.937. The van der Waals surface area contributed by atoms with Gasteiger partial charge >= 0.3 is 29.6 Å². The Balaban J connectivity index is 0. The van der Waals surface area contributed by atoms with Gasteiger partial charge in [0.05, 0.1) is 18.5 Å². The second-order valence-electron chi connectivity index (χ2n) is 2.47. The zero-order valence-corrected chi connectivity index (χ0v) is 7.88. The van der Waals surface area contributed by atoms with Crippen LogP contribution in [0.1, 0.15) is 13.3 Å². The van der Waals surface area contributed by atoms with Gasteiger partial charge in [0.2, 0.25) is 0 Å². The number of hydrogen-bond acceptors (Lipinski definition) is 4. The molecule has 0 aromatic heterocycles. The molecule has 6 heteroatoms. The molecule has 0 amide bonds. The topological polar surface area (TPSA) is 63.6 Å². The minimum absolute atomic E-state index is 0. The first-order valence-electron chi connectivity index (χ1n) is 3.64. The van der Waals surface area contributed by atoms with Crippen LogP contribution in [0.5, 0.6) is 0 Å². The van der Waals surface area contributed by atoms with Gasteiger partial charge in [-0.1, -0.05) is 6.08 Å². The van der Waals surface area contributed by atoms with E-state index in [0.29, 0.717) is 0 Å². The Bertz CT molecular complexity index is 223. The molecule has 0 spiro atoms. The monoisotopic (exact) mass is 218 g/mol. The summed E-state index contributed by atoms with van der Waals surface area (Å²) in [5.74, 6) is -0.154. The van der Waals surface area contributed by atoms with Gasteiger partial charge in [0.15, 0.2) is 0 Å². The third-order valence-electron chi connectivity index (χ3n) is 1.15. The summed E-state index contributed by atoms with van der Waals surface area (Å²) >= 11 is 0. The van der Waals surface area contributed by atoms with Crippen molar-refractivity contribution in [3.63, 3.8) is 0 Å². The molecule has 0 aliphatic heterocycles. The van der Waals surface area contributed by atoms with Crippen LogP contribution in [0.3, 0.4) is 0 Å². The molecule has 1 N–H and O–H groups in total. The van der Waals surface area contributed by atoms with E-state index in [2.05, 4.69) is 10.8 Å². The molecule has 0 aliphatic rings. The molecule has 74 valence electrons. The zero-order valence-electron chi connectivity index (χ0n) is 7.06. The van der Waals surface area contributed by atoms with Crippen molar-refractivity contribution in [1.82, 2.24) is 0 Å². The van der Waals surface area contributed by atoms with Crippen LogP contribution in [0, 0.1) is 0 Å². The third-order valence-corrected chi connectivity index (χ3v) is 2.38. The van der Waals surface area contributed by atoms with Crippen molar-refractivity contribution < 1.29 is 17.7 Å². The molecule has 0 radical (unpaired) electrons. The average molecular weight is 218 g/mol. The average Bonchev–Trinajstić information content (AvgIpc) is 1.98. The van der Waals surface area contributed by atoms with Crippen LogP contribution in [0.4, 0.5) is 0 Å². The molecule has 1 atom stereocenters. The van der Waals surface area contributed by atoms with E-state index in [0.717, 1.165) is 0 Å². The van der Waals surface area contributed by atoms with Crippen LogP contribution in [-0.2, 0) is 14.3 Å². The summed E-state index contributed by atoms with van der Waals surface area (Å²) in [6.45, 7) is 4.84. The molecule has 0 saturated heterocycles. The Morgan fingerprint density at radius 3 is 2.54 bits per heavy atom. The summed E-state index contributed by atoms with van der Waals surface area (Å²) in [5.41, 5.74) is 0. The maximum absolute atomic E-state index is 10.9. The minimum atomic E-state index is -3.47. The molecule has 0 bridgehead atoms. The first-order chi connectivity index (χ1) is 5.48. The van der Waals surface area contributed by atoms with E-state index in [-0.39, 0.29) is 48.3 Å². The van der Waals surface area contributed by atoms with E-state index in [9.17, 15) is 8.42 Å². The standard InChI is InChI=1S/C7H14O4S.Na.H/c1-3-5-11-12(9,10)6-4-7(2)8;;/h3,7-8H,1,4-6H2,2H3;;. The molecule has 0 fully saturated rings. The molecular formula is C7H15NaO4S. The van der Waals surface area contributed by atoms with Gasteiger partial charge in [-0.25, -0.2) is 0 Å². The molecule has 0 aliphatic carbocycles. The van der Waals surface area contributed by atoms with Crippen molar-refractivity contribution >= 4 is 39.7 Å². The van der Waals surface area contributed by atoms with Crippen LogP contribution in [0.15, 0.2) is 12.7 Å². The first kappa shape index (κ1) is 16.1. The quantitative estimate of drug-likeness (QED) is 0.376. The van der Waals surface area contributed by atoms with Crippen molar-refractivity contribution in [2.24, 2.45) is 0 Å². The van der Waals surface area contributed by atoms with E-state index >= 15 is 0 Å². The van der Waals surface area contributed by atoms with E-state index in [1.165, 1.54) is 13.0 Å². The molecule has 13 heavy (non-hydrogen) atoms. The molecule has 0 aromatic carbocycles. The Labute approximate surface area is 101 Å². The van der Waals surface area contributed by atoms with Gasteiger partial charge in [0.25, 0.3) is 10.1 Å². The van der Waals surface area contributed by atoms with Gasteiger partial charge in [-0.3, -0.25) is 4.18 Å². The van der Waals surface area contributed by atoms with Gasteiger partial charge in [-0.15, -0.1) is 6.58 Å².